The normalized spacial score (nSPS) is 11.5. The largest absolute Gasteiger partial charge is 0.468 e. The van der Waals surface area contributed by atoms with Crippen molar-refractivity contribution in [2.24, 2.45) is 0 Å². The molecule has 0 fully saturated rings. The molecule has 0 aliphatic heterocycles. The Morgan fingerprint density at radius 1 is 1.00 bits per heavy atom. The summed E-state index contributed by atoms with van der Waals surface area (Å²) in [5, 5.41) is 5.33. The van der Waals surface area contributed by atoms with Gasteiger partial charge in [0.05, 0.1) is 28.5 Å². The van der Waals surface area contributed by atoms with E-state index in [1.807, 2.05) is 0 Å². The van der Waals surface area contributed by atoms with Crippen LogP contribution in [0.15, 0.2) is 85.8 Å². The third-order valence-electron chi connectivity index (χ3n) is 4.63. The summed E-state index contributed by atoms with van der Waals surface area (Å²) in [5.41, 5.74) is -0.801. The molecule has 0 saturated carbocycles. The van der Waals surface area contributed by atoms with Crippen LogP contribution in [0, 0.1) is 0 Å². The number of anilines is 1. The van der Waals surface area contributed by atoms with Crippen molar-refractivity contribution in [3.63, 3.8) is 0 Å². The van der Waals surface area contributed by atoms with E-state index < -0.39 is 33.6 Å². The molecule has 11 heteroatoms. The summed E-state index contributed by atoms with van der Waals surface area (Å²) >= 11 is 0. The Balaban J connectivity index is 1.50. The number of hydrogen-bond acceptors (Lipinski definition) is 6. The fourth-order valence-electron chi connectivity index (χ4n) is 3.11. The minimum absolute atomic E-state index is 0.0236. The van der Waals surface area contributed by atoms with Gasteiger partial charge in [0.25, 0.3) is 11.1 Å². The molecular weight excluding hydrogens is 436 g/mol. The maximum absolute atomic E-state index is 12.5. The summed E-state index contributed by atoms with van der Waals surface area (Å²) < 4.78 is 33.4. The maximum atomic E-state index is 12.5. The van der Waals surface area contributed by atoms with Crippen molar-refractivity contribution in [3.05, 3.63) is 93.4 Å². The highest BCUT2D eigenvalue weighted by Crippen LogP contribution is 2.16. The van der Waals surface area contributed by atoms with Gasteiger partial charge < -0.3 is 9.73 Å². The predicted octanol–water partition coefficient (Wildman–Crippen LogP) is 1.40. The first kappa shape index (κ1) is 21.3. The van der Waals surface area contributed by atoms with E-state index in [4.69, 9.17) is 4.42 Å². The summed E-state index contributed by atoms with van der Waals surface area (Å²) in [6.45, 7) is -0.475. The molecule has 164 valence electrons. The summed E-state index contributed by atoms with van der Waals surface area (Å²) in [6, 6.07) is 15.2. The number of furan rings is 1. The second kappa shape index (κ2) is 8.65. The Kier molecular flexibility index (Phi) is 5.75. The predicted molar refractivity (Wildman–Crippen MR) is 117 cm³/mol. The van der Waals surface area contributed by atoms with Crippen molar-refractivity contribution < 1.29 is 17.6 Å². The van der Waals surface area contributed by atoms with E-state index in [-0.39, 0.29) is 27.9 Å². The van der Waals surface area contributed by atoms with Gasteiger partial charge in [-0.2, -0.15) is 0 Å². The average Bonchev–Trinajstić information content (AvgIpc) is 3.30. The van der Waals surface area contributed by atoms with Crippen LogP contribution in [0.4, 0.5) is 5.69 Å². The number of hydrogen-bond donors (Lipinski definition) is 3. The van der Waals surface area contributed by atoms with Gasteiger partial charge in [-0.1, -0.05) is 18.2 Å². The molecule has 0 aliphatic carbocycles. The topological polar surface area (TPSA) is 143 Å². The van der Waals surface area contributed by atoms with Crippen molar-refractivity contribution in [2.45, 2.75) is 18.0 Å². The van der Waals surface area contributed by atoms with Crippen LogP contribution in [0.25, 0.3) is 10.8 Å². The summed E-state index contributed by atoms with van der Waals surface area (Å²) in [7, 11) is -3.85. The van der Waals surface area contributed by atoms with Gasteiger partial charge in [-0.3, -0.25) is 19.5 Å². The van der Waals surface area contributed by atoms with Gasteiger partial charge in [0.1, 0.15) is 12.3 Å². The summed E-state index contributed by atoms with van der Waals surface area (Å²) in [6.07, 6.45) is 1.44. The molecule has 2 aromatic carbocycles. The van der Waals surface area contributed by atoms with Crippen LogP contribution in [0.2, 0.25) is 0 Å². The lowest BCUT2D eigenvalue weighted by atomic mass is 10.2. The SMILES string of the molecule is O=C(Cn1[nH]c(=O)c2ccccc2c1=O)Nc1cccc(S(=O)(=O)NCc2ccco2)c1. The molecule has 4 rings (SSSR count). The highest BCUT2D eigenvalue weighted by atomic mass is 32.2. The number of amides is 1. The molecule has 0 radical (unpaired) electrons. The molecule has 1 amide bonds. The third-order valence-corrected chi connectivity index (χ3v) is 6.03. The maximum Gasteiger partial charge on any atom is 0.273 e. The standard InChI is InChI=1S/C21H18N4O6S/c26-19(13-25-21(28)18-9-2-1-8-17(18)20(27)24-25)23-14-5-3-7-16(11-14)32(29,30)22-12-15-6-4-10-31-15/h1-11,22H,12-13H2,(H,23,26)(H,24,27). The van der Waals surface area contributed by atoms with Crippen LogP contribution in [-0.4, -0.2) is 24.1 Å². The second-order valence-corrected chi connectivity index (χ2v) is 8.62. The van der Waals surface area contributed by atoms with E-state index in [1.165, 1.54) is 42.7 Å². The molecule has 0 atom stereocenters. The molecule has 0 bridgehead atoms. The number of carbonyl (C=O) groups excluding carboxylic acids is 1. The number of aromatic nitrogens is 2. The van der Waals surface area contributed by atoms with Gasteiger partial charge in [-0.15, -0.1) is 0 Å². The Hall–Kier alpha value is -3.96. The monoisotopic (exact) mass is 454 g/mol. The Bertz CT molecular complexity index is 1500. The van der Waals surface area contributed by atoms with Gasteiger partial charge in [0.2, 0.25) is 15.9 Å². The van der Waals surface area contributed by atoms with Crippen molar-refractivity contribution >= 4 is 32.4 Å². The van der Waals surface area contributed by atoms with E-state index in [9.17, 15) is 22.8 Å². The van der Waals surface area contributed by atoms with E-state index in [0.717, 1.165) is 4.68 Å². The number of fused-ring (bicyclic) bond motifs is 1. The number of carbonyl (C=O) groups is 1. The van der Waals surface area contributed by atoms with Gasteiger partial charge in [0.15, 0.2) is 0 Å². The van der Waals surface area contributed by atoms with Crippen molar-refractivity contribution in [2.75, 3.05) is 5.32 Å². The zero-order chi connectivity index (χ0) is 22.7. The lowest BCUT2D eigenvalue weighted by Crippen LogP contribution is -2.34. The summed E-state index contributed by atoms with van der Waals surface area (Å²) in [5.74, 6) is -0.163. The molecule has 3 N–H and O–H groups in total. The van der Waals surface area contributed by atoms with Crippen LogP contribution < -0.4 is 21.2 Å². The third kappa shape index (κ3) is 4.53. The number of nitrogens with one attached hydrogen (secondary N) is 3. The molecule has 2 heterocycles. The van der Waals surface area contributed by atoms with E-state index in [0.29, 0.717) is 5.76 Å². The first-order valence-corrected chi connectivity index (χ1v) is 11.0. The van der Waals surface area contributed by atoms with Gasteiger partial charge >= 0.3 is 0 Å². The Morgan fingerprint density at radius 2 is 1.78 bits per heavy atom. The zero-order valence-electron chi connectivity index (χ0n) is 16.6. The Labute approximate surface area is 181 Å². The first-order chi connectivity index (χ1) is 15.3. The zero-order valence-corrected chi connectivity index (χ0v) is 17.4. The van der Waals surface area contributed by atoms with Gasteiger partial charge in [-0.05, 0) is 42.5 Å². The second-order valence-electron chi connectivity index (χ2n) is 6.86. The fraction of sp³-hybridized carbons (Fsp3) is 0.0952. The number of nitrogens with zero attached hydrogens (tertiary/aromatic N) is 1. The van der Waals surface area contributed by atoms with Crippen molar-refractivity contribution in [1.29, 1.82) is 0 Å². The number of rotatable bonds is 7. The van der Waals surface area contributed by atoms with Crippen LogP contribution in [0.3, 0.4) is 0 Å². The Morgan fingerprint density at radius 3 is 2.53 bits per heavy atom. The van der Waals surface area contributed by atoms with Crippen LogP contribution in [0.1, 0.15) is 5.76 Å². The van der Waals surface area contributed by atoms with Crippen LogP contribution >= 0.6 is 0 Å². The number of benzene rings is 2. The van der Waals surface area contributed by atoms with Crippen molar-refractivity contribution in [1.82, 2.24) is 14.5 Å². The van der Waals surface area contributed by atoms with E-state index in [2.05, 4.69) is 15.1 Å². The van der Waals surface area contributed by atoms with Crippen molar-refractivity contribution in [3.8, 4) is 0 Å². The van der Waals surface area contributed by atoms with E-state index >= 15 is 0 Å². The highest BCUT2D eigenvalue weighted by Gasteiger charge is 2.16. The molecule has 10 nitrogen and oxygen atoms in total. The minimum atomic E-state index is -3.85. The molecular formula is C21H18N4O6S. The smallest absolute Gasteiger partial charge is 0.273 e. The lowest BCUT2D eigenvalue weighted by Gasteiger charge is -2.10. The van der Waals surface area contributed by atoms with Gasteiger partial charge in [0, 0.05) is 5.69 Å². The molecule has 32 heavy (non-hydrogen) atoms. The molecule has 2 aromatic heterocycles. The van der Waals surface area contributed by atoms with Crippen LogP contribution in [0.5, 0.6) is 0 Å². The number of aromatic amines is 1. The highest BCUT2D eigenvalue weighted by molar-refractivity contribution is 7.89. The minimum Gasteiger partial charge on any atom is -0.468 e. The average molecular weight is 454 g/mol. The fourth-order valence-corrected chi connectivity index (χ4v) is 4.14. The first-order valence-electron chi connectivity index (χ1n) is 9.47. The number of H-pyrrole nitrogens is 1. The van der Waals surface area contributed by atoms with E-state index in [1.54, 1.807) is 24.3 Å². The van der Waals surface area contributed by atoms with Gasteiger partial charge in [-0.25, -0.2) is 17.8 Å². The molecule has 0 saturated heterocycles. The molecule has 4 aromatic rings. The number of sulfonamides is 1. The molecule has 0 unspecified atom stereocenters. The molecule has 0 spiro atoms. The summed E-state index contributed by atoms with van der Waals surface area (Å²) in [4.78, 5) is 37.1. The molecule has 0 aliphatic rings. The lowest BCUT2D eigenvalue weighted by molar-refractivity contribution is -0.117. The quantitative estimate of drug-likeness (QED) is 0.385. The van der Waals surface area contributed by atoms with Crippen LogP contribution in [-0.2, 0) is 27.9 Å².